The molecule has 0 heterocycles. The number of hydrogen-bond donors (Lipinski definition) is 1. The van der Waals surface area contributed by atoms with Crippen LogP contribution in [-0.2, 0) is 9.53 Å². The van der Waals surface area contributed by atoms with Crippen molar-refractivity contribution in [2.45, 2.75) is 33.8 Å². The van der Waals surface area contributed by atoms with Gasteiger partial charge in [-0.3, -0.25) is 0 Å². The van der Waals surface area contributed by atoms with Gasteiger partial charge in [-0.05, 0) is 12.3 Å². The van der Waals surface area contributed by atoms with Gasteiger partial charge in [0.15, 0.2) is 0 Å². The number of aliphatic hydroxyl groups excluding tert-OH is 1. The van der Waals surface area contributed by atoms with E-state index in [1.807, 2.05) is 20.8 Å². The van der Waals surface area contributed by atoms with Crippen molar-refractivity contribution >= 4 is 5.97 Å². The standard InChI is InChI=1S/C8H16O3/c1-6(9)7(10)11-5-8(2,3)4/h6,9H,5H2,1-4H3. The zero-order valence-corrected chi connectivity index (χ0v) is 7.55. The number of aliphatic hydroxyl groups is 1. The van der Waals surface area contributed by atoms with Gasteiger partial charge in [0.05, 0.1) is 6.61 Å². The smallest absolute Gasteiger partial charge is 0.334 e. The Balaban J connectivity index is 3.64. The minimum Gasteiger partial charge on any atom is -0.463 e. The van der Waals surface area contributed by atoms with Crippen LogP contribution in [0.1, 0.15) is 27.7 Å². The van der Waals surface area contributed by atoms with Crippen molar-refractivity contribution in [3.63, 3.8) is 0 Å². The third-order valence-corrected chi connectivity index (χ3v) is 0.989. The number of carbonyl (C=O) groups is 1. The summed E-state index contributed by atoms with van der Waals surface area (Å²) in [7, 11) is 0. The minimum atomic E-state index is -1.02. The molecule has 3 nitrogen and oxygen atoms in total. The van der Waals surface area contributed by atoms with Crippen molar-refractivity contribution in [2.24, 2.45) is 5.41 Å². The lowest BCUT2D eigenvalue weighted by molar-refractivity contribution is -0.155. The van der Waals surface area contributed by atoms with E-state index in [1.54, 1.807) is 0 Å². The fourth-order valence-electron chi connectivity index (χ4n) is 0.408. The fraction of sp³-hybridized carbons (Fsp3) is 0.875. The molecule has 1 N–H and O–H groups in total. The molecule has 0 aliphatic heterocycles. The van der Waals surface area contributed by atoms with Gasteiger partial charge in [0.2, 0.25) is 0 Å². The summed E-state index contributed by atoms with van der Waals surface area (Å²) >= 11 is 0. The van der Waals surface area contributed by atoms with E-state index < -0.39 is 12.1 Å². The van der Waals surface area contributed by atoms with Crippen LogP contribution in [0.4, 0.5) is 0 Å². The molecule has 3 heteroatoms. The highest BCUT2D eigenvalue weighted by Gasteiger charge is 2.16. The van der Waals surface area contributed by atoms with E-state index in [-0.39, 0.29) is 5.41 Å². The number of rotatable bonds is 2. The van der Waals surface area contributed by atoms with Crippen LogP contribution < -0.4 is 0 Å². The van der Waals surface area contributed by atoms with Crippen molar-refractivity contribution in [1.29, 1.82) is 0 Å². The van der Waals surface area contributed by atoms with E-state index in [0.29, 0.717) is 6.61 Å². The largest absolute Gasteiger partial charge is 0.463 e. The second kappa shape index (κ2) is 3.72. The first-order valence-corrected chi connectivity index (χ1v) is 3.67. The van der Waals surface area contributed by atoms with Crippen molar-refractivity contribution in [3.05, 3.63) is 0 Å². The van der Waals surface area contributed by atoms with E-state index in [9.17, 15) is 4.79 Å². The van der Waals surface area contributed by atoms with E-state index in [2.05, 4.69) is 0 Å². The molecule has 1 atom stereocenters. The summed E-state index contributed by atoms with van der Waals surface area (Å²) < 4.78 is 4.78. The first-order chi connectivity index (χ1) is 4.83. The van der Waals surface area contributed by atoms with Crippen molar-refractivity contribution in [2.75, 3.05) is 6.61 Å². The first-order valence-electron chi connectivity index (χ1n) is 3.67. The number of carbonyl (C=O) groups excluding carboxylic acids is 1. The fourth-order valence-corrected chi connectivity index (χ4v) is 0.408. The summed E-state index contributed by atoms with van der Waals surface area (Å²) in [5.41, 5.74) is -0.0372. The molecular weight excluding hydrogens is 144 g/mol. The average molecular weight is 160 g/mol. The van der Waals surface area contributed by atoms with Gasteiger partial charge in [0, 0.05) is 0 Å². The quantitative estimate of drug-likeness (QED) is 0.612. The summed E-state index contributed by atoms with van der Waals surface area (Å²) in [6.07, 6.45) is -1.02. The Hall–Kier alpha value is -0.570. The Morgan fingerprint density at radius 2 is 2.00 bits per heavy atom. The maximum absolute atomic E-state index is 10.7. The lowest BCUT2D eigenvalue weighted by atomic mass is 9.99. The van der Waals surface area contributed by atoms with Gasteiger partial charge in [-0.25, -0.2) is 4.79 Å². The second-order valence-corrected chi connectivity index (χ2v) is 3.84. The number of hydrogen-bond acceptors (Lipinski definition) is 3. The molecule has 1 unspecified atom stereocenters. The van der Waals surface area contributed by atoms with Gasteiger partial charge >= 0.3 is 5.97 Å². The molecular formula is C8H16O3. The van der Waals surface area contributed by atoms with Crippen LogP contribution in [0.2, 0.25) is 0 Å². The van der Waals surface area contributed by atoms with Crippen molar-refractivity contribution in [3.8, 4) is 0 Å². The number of esters is 1. The Morgan fingerprint density at radius 1 is 1.55 bits per heavy atom. The predicted molar refractivity (Wildman–Crippen MR) is 42.1 cm³/mol. The molecule has 11 heavy (non-hydrogen) atoms. The van der Waals surface area contributed by atoms with Crippen LogP contribution in [-0.4, -0.2) is 23.8 Å². The van der Waals surface area contributed by atoms with Crippen LogP contribution >= 0.6 is 0 Å². The summed E-state index contributed by atoms with van der Waals surface area (Å²) in [5.74, 6) is -0.556. The molecule has 0 aliphatic carbocycles. The topological polar surface area (TPSA) is 46.5 Å². The van der Waals surface area contributed by atoms with E-state index in [1.165, 1.54) is 6.92 Å². The minimum absolute atomic E-state index is 0.0372. The lowest BCUT2D eigenvalue weighted by Gasteiger charge is -2.18. The van der Waals surface area contributed by atoms with E-state index >= 15 is 0 Å². The van der Waals surface area contributed by atoms with Crippen molar-refractivity contribution in [1.82, 2.24) is 0 Å². The average Bonchev–Trinajstić information content (AvgIpc) is 1.80. The molecule has 0 bridgehead atoms. The van der Waals surface area contributed by atoms with Gasteiger partial charge in [-0.15, -0.1) is 0 Å². The van der Waals surface area contributed by atoms with Crippen LogP contribution in [0, 0.1) is 5.41 Å². The zero-order valence-electron chi connectivity index (χ0n) is 7.55. The van der Waals surface area contributed by atoms with Crippen LogP contribution in [0.3, 0.4) is 0 Å². The SMILES string of the molecule is CC(O)C(=O)OCC(C)(C)C. The van der Waals surface area contributed by atoms with Crippen LogP contribution in [0.25, 0.3) is 0 Å². The summed E-state index contributed by atoms with van der Waals surface area (Å²) in [6, 6.07) is 0. The highest BCUT2D eigenvalue weighted by atomic mass is 16.5. The Bertz CT molecular complexity index is 133. The Morgan fingerprint density at radius 3 is 2.27 bits per heavy atom. The summed E-state index contributed by atoms with van der Waals surface area (Å²) in [5, 5.41) is 8.74. The number of ether oxygens (including phenoxy) is 1. The first kappa shape index (κ1) is 10.4. The van der Waals surface area contributed by atoms with Gasteiger partial charge < -0.3 is 9.84 Å². The summed E-state index contributed by atoms with van der Waals surface area (Å²) in [6.45, 7) is 7.62. The van der Waals surface area contributed by atoms with Crippen LogP contribution in [0.15, 0.2) is 0 Å². The highest BCUT2D eigenvalue weighted by molar-refractivity contribution is 5.73. The molecule has 0 fully saturated rings. The third kappa shape index (κ3) is 5.85. The Labute approximate surface area is 67.4 Å². The molecule has 0 rings (SSSR count). The molecule has 0 aromatic carbocycles. The molecule has 0 amide bonds. The monoisotopic (exact) mass is 160 g/mol. The molecule has 0 spiro atoms. The molecule has 0 saturated carbocycles. The Kier molecular flexibility index (Phi) is 3.52. The molecule has 0 radical (unpaired) electrons. The molecule has 0 saturated heterocycles. The normalized spacial score (nSPS) is 14.3. The maximum Gasteiger partial charge on any atom is 0.334 e. The molecule has 0 aromatic heterocycles. The van der Waals surface area contributed by atoms with E-state index in [0.717, 1.165) is 0 Å². The zero-order chi connectivity index (χ0) is 9.07. The second-order valence-electron chi connectivity index (χ2n) is 3.84. The summed E-state index contributed by atoms with van der Waals surface area (Å²) in [4.78, 5) is 10.7. The lowest BCUT2D eigenvalue weighted by Crippen LogP contribution is -2.24. The van der Waals surface area contributed by atoms with Gasteiger partial charge in [0.25, 0.3) is 0 Å². The van der Waals surface area contributed by atoms with Crippen molar-refractivity contribution < 1.29 is 14.6 Å². The van der Waals surface area contributed by atoms with Gasteiger partial charge in [-0.2, -0.15) is 0 Å². The molecule has 0 aromatic rings. The van der Waals surface area contributed by atoms with E-state index in [4.69, 9.17) is 9.84 Å². The molecule has 66 valence electrons. The van der Waals surface area contributed by atoms with Crippen LogP contribution in [0.5, 0.6) is 0 Å². The van der Waals surface area contributed by atoms with Gasteiger partial charge in [0.1, 0.15) is 6.10 Å². The molecule has 0 aliphatic rings. The maximum atomic E-state index is 10.7. The van der Waals surface area contributed by atoms with Gasteiger partial charge in [-0.1, -0.05) is 20.8 Å². The highest BCUT2D eigenvalue weighted by Crippen LogP contribution is 2.12. The predicted octanol–water partition coefficient (Wildman–Crippen LogP) is 0.956. The third-order valence-electron chi connectivity index (χ3n) is 0.989.